The van der Waals surface area contributed by atoms with Crippen molar-refractivity contribution in [1.82, 2.24) is 5.32 Å². The lowest BCUT2D eigenvalue weighted by Gasteiger charge is -2.19. The summed E-state index contributed by atoms with van der Waals surface area (Å²) in [5.74, 6) is -0.846. The van der Waals surface area contributed by atoms with Crippen LogP contribution in [0.15, 0.2) is 42.5 Å². The highest BCUT2D eigenvalue weighted by atomic mass is 32.2. The van der Waals surface area contributed by atoms with Gasteiger partial charge in [-0.25, -0.2) is 12.8 Å². The second-order valence-electron chi connectivity index (χ2n) is 7.04. The van der Waals surface area contributed by atoms with E-state index in [0.29, 0.717) is 11.3 Å². The number of amides is 1. The third-order valence-corrected chi connectivity index (χ3v) is 6.63. The maximum atomic E-state index is 13.6. The van der Waals surface area contributed by atoms with E-state index in [9.17, 15) is 17.6 Å². The van der Waals surface area contributed by atoms with Gasteiger partial charge in [0, 0.05) is 12.1 Å². The quantitative estimate of drug-likeness (QED) is 0.796. The fourth-order valence-electron chi connectivity index (χ4n) is 2.21. The topological polar surface area (TPSA) is 96.3 Å². The summed E-state index contributed by atoms with van der Waals surface area (Å²) in [6, 6.07) is 11.8. The highest BCUT2D eigenvalue weighted by Gasteiger charge is 2.28. The van der Waals surface area contributed by atoms with Gasteiger partial charge in [0.25, 0.3) is 5.91 Å². The highest BCUT2D eigenvalue weighted by Crippen LogP contribution is 2.26. The molecule has 2 rings (SSSR count). The van der Waals surface area contributed by atoms with E-state index in [1.165, 1.54) is 42.5 Å². The minimum Gasteiger partial charge on any atom is -0.456 e. The van der Waals surface area contributed by atoms with Crippen LogP contribution in [0.1, 0.15) is 36.7 Å². The summed E-state index contributed by atoms with van der Waals surface area (Å²) in [7, 11) is -3.32. The van der Waals surface area contributed by atoms with Crippen LogP contribution in [-0.4, -0.2) is 31.4 Å². The number of hydrogen-bond donors (Lipinski definition) is 1. The minimum atomic E-state index is -3.32. The van der Waals surface area contributed by atoms with Crippen LogP contribution in [0.3, 0.4) is 0 Å². The summed E-state index contributed by atoms with van der Waals surface area (Å²) in [5, 5.41) is 11.6. The van der Waals surface area contributed by atoms with Crippen LogP contribution in [0.5, 0.6) is 11.5 Å². The molecule has 0 atom stereocenters. The summed E-state index contributed by atoms with van der Waals surface area (Å²) < 4.78 is 42.3. The summed E-state index contributed by atoms with van der Waals surface area (Å²) in [4.78, 5) is 12.2. The Hall–Kier alpha value is -2.92. The van der Waals surface area contributed by atoms with Crippen LogP contribution in [0.4, 0.5) is 4.39 Å². The minimum absolute atomic E-state index is 0.00547. The van der Waals surface area contributed by atoms with Crippen molar-refractivity contribution >= 4 is 15.7 Å². The Labute approximate surface area is 163 Å². The zero-order chi connectivity index (χ0) is 20.9. The Bertz CT molecular complexity index is 1000. The van der Waals surface area contributed by atoms with Gasteiger partial charge in [0.05, 0.1) is 10.5 Å². The Kier molecular flexibility index (Phi) is 6.41. The van der Waals surface area contributed by atoms with E-state index in [-0.39, 0.29) is 23.6 Å². The van der Waals surface area contributed by atoms with Gasteiger partial charge >= 0.3 is 0 Å². The number of sulfone groups is 1. The molecule has 0 bridgehead atoms. The first-order valence-electron chi connectivity index (χ1n) is 8.52. The van der Waals surface area contributed by atoms with Crippen molar-refractivity contribution in [3.8, 4) is 17.6 Å². The average molecular weight is 404 g/mol. The van der Waals surface area contributed by atoms with E-state index >= 15 is 0 Å². The number of ether oxygens (including phenoxy) is 1. The van der Waals surface area contributed by atoms with Crippen LogP contribution in [-0.2, 0) is 9.84 Å². The Morgan fingerprint density at radius 3 is 2.39 bits per heavy atom. The summed E-state index contributed by atoms with van der Waals surface area (Å²) in [5.41, 5.74) is 0.115. The van der Waals surface area contributed by atoms with Crippen molar-refractivity contribution in [2.24, 2.45) is 0 Å². The van der Waals surface area contributed by atoms with Gasteiger partial charge in [-0.15, -0.1) is 0 Å². The van der Waals surface area contributed by atoms with Crippen LogP contribution in [0, 0.1) is 17.1 Å². The molecule has 0 aliphatic heterocycles. The van der Waals surface area contributed by atoms with Gasteiger partial charge in [-0.2, -0.15) is 5.26 Å². The third-order valence-electron chi connectivity index (χ3n) is 4.02. The van der Waals surface area contributed by atoms with E-state index in [2.05, 4.69) is 5.32 Å². The standard InChI is InChI=1S/C20H21FN2O4S/c1-20(2,3)28(25,26)12-11-23-19(24)14-7-9-15(10-8-14)27-18-6-4-5-17(21)16(18)13-22/h4-10H,11-12H2,1-3H3,(H,23,24). The molecule has 0 aromatic heterocycles. The maximum Gasteiger partial charge on any atom is 0.251 e. The number of hydrogen-bond acceptors (Lipinski definition) is 5. The first-order valence-corrected chi connectivity index (χ1v) is 10.2. The number of nitrogens with zero attached hydrogens (tertiary/aromatic N) is 1. The lowest BCUT2D eigenvalue weighted by molar-refractivity contribution is 0.0956. The lowest BCUT2D eigenvalue weighted by Crippen LogP contribution is -2.36. The number of carbonyl (C=O) groups excluding carboxylic acids is 1. The zero-order valence-corrected chi connectivity index (χ0v) is 16.6. The van der Waals surface area contributed by atoms with Crippen molar-refractivity contribution in [1.29, 1.82) is 5.26 Å². The second-order valence-corrected chi connectivity index (χ2v) is 9.90. The normalized spacial score (nSPS) is 11.5. The molecule has 0 aliphatic rings. The van der Waals surface area contributed by atoms with Gasteiger partial charge in [0.2, 0.25) is 0 Å². The Balaban J connectivity index is 2.00. The van der Waals surface area contributed by atoms with Crippen molar-refractivity contribution in [2.75, 3.05) is 12.3 Å². The van der Waals surface area contributed by atoms with Crippen LogP contribution in [0.2, 0.25) is 0 Å². The molecule has 0 aliphatic carbocycles. The lowest BCUT2D eigenvalue weighted by atomic mass is 10.2. The molecule has 1 amide bonds. The van der Waals surface area contributed by atoms with E-state index in [1.807, 2.05) is 0 Å². The van der Waals surface area contributed by atoms with Crippen molar-refractivity contribution in [3.05, 3.63) is 59.4 Å². The number of benzene rings is 2. The second kappa shape index (κ2) is 8.40. The molecule has 0 saturated heterocycles. The van der Waals surface area contributed by atoms with Gasteiger partial charge in [0.15, 0.2) is 9.84 Å². The maximum absolute atomic E-state index is 13.6. The SMILES string of the molecule is CC(C)(C)S(=O)(=O)CCNC(=O)c1ccc(Oc2cccc(F)c2C#N)cc1. The number of nitrogens with one attached hydrogen (secondary N) is 1. The number of rotatable bonds is 6. The van der Waals surface area contributed by atoms with Gasteiger partial charge in [-0.05, 0) is 57.2 Å². The van der Waals surface area contributed by atoms with Gasteiger partial charge in [0.1, 0.15) is 28.9 Å². The van der Waals surface area contributed by atoms with E-state index < -0.39 is 26.3 Å². The molecule has 148 valence electrons. The third kappa shape index (κ3) is 5.08. The molecule has 2 aromatic rings. The Morgan fingerprint density at radius 2 is 1.82 bits per heavy atom. The van der Waals surface area contributed by atoms with E-state index in [1.54, 1.807) is 26.8 Å². The molecule has 0 unspecified atom stereocenters. The predicted octanol–water partition coefficient (Wildman–Crippen LogP) is 3.43. The molecular weight excluding hydrogens is 383 g/mol. The molecular formula is C20H21FN2O4S. The van der Waals surface area contributed by atoms with Crippen LogP contribution >= 0.6 is 0 Å². The summed E-state index contributed by atoms with van der Waals surface area (Å²) >= 11 is 0. The van der Waals surface area contributed by atoms with E-state index in [0.717, 1.165) is 0 Å². The smallest absolute Gasteiger partial charge is 0.251 e. The first-order chi connectivity index (χ1) is 13.0. The molecule has 0 saturated carbocycles. The van der Waals surface area contributed by atoms with Crippen LogP contribution < -0.4 is 10.1 Å². The van der Waals surface area contributed by atoms with Crippen LogP contribution in [0.25, 0.3) is 0 Å². The highest BCUT2D eigenvalue weighted by molar-refractivity contribution is 7.92. The zero-order valence-electron chi connectivity index (χ0n) is 15.8. The number of nitriles is 1. The molecule has 0 heterocycles. The molecule has 1 N–H and O–H groups in total. The predicted molar refractivity (Wildman–Crippen MR) is 104 cm³/mol. The number of carbonyl (C=O) groups is 1. The number of halogens is 1. The molecule has 8 heteroatoms. The van der Waals surface area contributed by atoms with E-state index in [4.69, 9.17) is 10.00 Å². The average Bonchev–Trinajstić information content (AvgIpc) is 2.61. The molecule has 0 spiro atoms. The molecule has 28 heavy (non-hydrogen) atoms. The first kappa shape index (κ1) is 21.4. The molecule has 0 radical (unpaired) electrons. The fraction of sp³-hybridized carbons (Fsp3) is 0.300. The van der Waals surface area contributed by atoms with Crippen molar-refractivity contribution < 1.29 is 22.3 Å². The van der Waals surface area contributed by atoms with Crippen molar-refractivity contribution in [2.45, 2.75) is 25.5 Å². The van der Waals surface area contributed by atoms with Gasteiger partial charge in [-0.1, -0.05) is 6.07 Å². The van der Waals surface area contributed by atoms with Gasteiger partial charge < -0.3 is 10.1 Å². The summed E-state index contributed by atoms with van der Waals surface area (Å²) in [6.07, 6.45) is 0. The summed E-state index contributed by atoms with van der Waals surface area (Å²) in [6.45, 7) is 4.84. The van der Waals surface area contributed by atoms with Gasteiger partial charge in [-0.3, -0.25) is 4.79 Å². The van der Waals surface area contributed by atoms with Crippen molar-refractivity contribution in [3.63, 3.8) is 0 Å². The monoisotopic (exact) mass is 404 g/mol. The molecule has 6 nitrogen and oxygen atoms in total. The largest absolute Gasteiger partial charge is 0.456 e. The fourth-order valence-corrected chi connectivity index (χ4v) is 3.19. The Morgan fingerprint density at radius 1 is 1.18 bits per heavy atom. The molecule has 0 fully saturated rings. The molecule has 2 aromatic carbocycles.